The standard InChI is InChI=1S/C12H13N3/c1-2-6-11-10(5-1)13-12(14-11)9-15-7-3-4-8-15/h1-6H,7-9H2,(H,13,14). The van der Waals surface area contributed by atoms with Crippen molar-refractivity contribution in [2.24, 2.45) is 0 Å². The van der Waals surface area contributed by atoms with Crippen LogP contribution in [0.3, 0.4) is 0 Å². The van der Waals surface area contributed by atoms with E-state index in [1.54, 1.807) is 0 Å². The Hall–Kier alpha value is -1.61. The van der Waals surface area contributed by atoms with Crippen molar-refractivity contribution in [1.82, 2.24) is 14.9 Å². The minimum Gasteiger partial charge on any atom is -0.341 e. The molecule has 0 saturated heterocycles. The number of aromatic amines is 1. The molecule has 3 nitrogen and oxygen atoms in total. The molecule has 2 heterocycles. The summed E-state index contributed by atoms with van der Waals surface area (Å²) in [5.74, 6) is 1.06. The summed E-state index contributed by atoms with van der Waals surface area (Å²) in [6, 6.07) is 8.15. The zero-order valence-corrected chi connectivity index (χ0v) is 8.48. The van der Waals surface area contributed by atoms with Crippen molar-refractivity contribution < 1.29 is 0 Å². The van der Waals surface area contributed by atoms with Crippen molar-refractivity contribution in [2.75, 3.05) is 13.1 Å². The second-order valence-electron chi connectivity index (χ2n) is 3.87. The van der Waals surface area contributed by atoms with Gasteiger partial charge in [0.25, 0.3) is 0 Å². The summed E-state index contributed by atoms with van der Waals surface area (Å²) in [6.07, 6.45) is 4.39. The maximum Gasteiger partial charge on any atom is 0.121 e. The number of hydrogen-bond acceptors (Lipinski definition) is 2. The molecule has 0 spiro atoms. The first-order valence-electron chi connectivity index (χ1n) is 5.23. The van der Waals surface area contributed by atoms with Gasteiger partial charge in [-0.1, -0.05) is 24.3 Å². The highest BCUT2D eigenvalue weighted by Gasteiger charge is 2.09. The van der Waals surface area contributed by atoms with E-state index >= 15 is 0 Å². The van der Waals surface area contributed by atoms with Crippen LogP contribution in [-0.4, -0.2) is 28.0 Å². The molecule has 1 aromatic heterocycles. The topological polar surface area (TPSA) is 31.9 Å². The monoisotopic (exact) mass is 199 g/mol. The molecule has 0 saturated carbocycles. The number of fused-ring (bicyclic) bond motifs is 1. The van der Waals surface area contributed by atoms with Gasteiger partial charge in [0.05, 0.1) is 17.6 Å². The first-order chi connectivity index (χ1) is 7.42. The molecule has 0 atom stereocenters. The number of aromatic nitrogens is 2. The minimum atomic E-state index is 0.904. The van der Waals surface area contributed by atoms with Crippen molar-refractivity contribution in [1.29, 1.82) is 0 Å². The SMILES string of the molecule is C1=CCN(Cc2nc3ccccc3[nH]2)C1. The van der Waals surface area contributed by atoms with Gasteiger partial charge in [0.15, 0.2) is 0 Å². The van der Waals surface area contributed by atoms with Crippen LogP contribution in [0.5, 0.6) is 0 Å². The Morgan fingerprint density at radius 2 is 2.00 bits per heavy atom. The molecule has 1 aromatic carbocycles. The van der Waals surface area contributed by atoms with E-state index in [-0.39, 0.29) is 0 Å². The van der Waals surface area contributed by atoms with Gasteiger partial charge in [-0.15, -0.1) is 0 Å². The lowest BCUT2D eigenvalue weighted by molar-refractivity contribution is 0.337. The summed E-state index contributed by atoms with van der Waals surface area (Å²) < 4.78 is 0. The molecule has 76 valence electrons. The fraction of sp³-hybridized carbons (Fsp3) is 0.250. The number of hydrogen-bond donors (Lipinski definition) is 1. The van der Waals surface area contributed by atoms with Crippen LogP contribution in [0.25, 0.3) is 11.0 Å². The Morgan fingerprint density at radius 1 is 1.20 bits per heavy atom. The summed E-state index contributed by atoms with van der Waals surface area (Å²) in [4.78, 5) is 10.2. The largest absolute Gasteiger partial charge is 0.341 e. The molecule has 1 aliphatic heterocycles. The summed E-state index contributed by atoms with van der Waals surface area (Å²) in [7, 11) is 0. The van der Waals surface area contributed by atoms with Crippen molar-refractivity contribution in [3.8, 4) is 0 Å². The van der Waals surface area contributed by atoms with Gasteiger partial charge in [-0.3, -0.25) is 4.90 Å². The third-order valence-electron chi connectivity index (χ3n) is 2.71. The average molecular weight is 199 g/mol. The Balaban J connectivity index is 1.85. The molecule has 0 amide bonds. The first kappa shape index (κ1) is 8.68. The fourth-order valence-corrected chi connectivity index (χ4v) is 1.94. The van der Waals surface area contributed by atoms with Gasteiger partial charge in [0.2, 0.25) is 0 Å². The van der Waals surface area contributed by atoms with Gasteiger partial charge in [-0.25, -0.2) is 4.98 Å². The second-order valence-corrected chi connectivity index (χ2v) is 3.87. The van der Waals surface area contributed by atoms with Gasteiger partial charge in [0, 0.05) is 13.1 Å². The summed E-state index contributed by atoms with van der Waals surface area (Å²) in [5, 5.41) is 0. The molecule has 0 aliphatic carbocycles. The van der Waals surface area contributed by atoms with Crippen molar-refractivity contribution in [3.63, 3.8) is 0 Å². The molecule has 0 bridgehead atoms. The number of benzene rings is 1. The van der Waals surface area contributed by atoms with Crippen LogP contribution in [0.1, 0.15) is 5.82 Å². The van der Waals surface area contributed by atoms with Crippen LogP contribution in [0.15, 0.2) is 36.4 Å². The smallest absolute Gasteiger partial charge is 0.121 e. The molecule has 0 unspecified atom stereocenters. The lowest BCUT2D eigenvalue weighted by Gasteiger charge is -2.11. The number of nitrogens with zero attached hydrogens (tertiary/aromatic N) is 2. The molecule has 0 fully saturated rings. The molecular formula is C12H13N3. The highest BCUT2D eigenvalue weighted by atomic mass is 15.2. The summed E-state index contributed by atoms with van der Waals surface area (Å²) in [6.45, 7) is 2.98. The summed E-state index contributed by atoms with van der Waals surface area (Å²) >= 11 is 0. The fourth-order valence-electron chi connectivity index (χ4n) is 1.94. The second kappa shape index (κ2) is 3.51. The Morgan fingerprint density at radius 3 is 2.80 bits per heavy atom. The highest BCUT2D eigenvalue weighted by Crippen LogP contribution is 2.12. The molecule has 1 aliphatic rings. The normalized spacial score (nSPS) is 16.5. The van der Waals surface area contributed by atoms with Crippen molar-refractivity contribution in [3.05, 3.63) is 42.2 Å². The predicted octanol–water partition coefficient (Wildman–Crippen LogP) is 1.93. The predicted molar refractivity (Wildman–Crippen MR) is 60.5 cm³/mol. The molecule has 1 N–H and O–H groups in total. The van der Waals surface area contributed by atoms with E-state index < -0.39 is 0 Å². The molecule has 0 radical (unpaired) electrons. The van der Waals surface area contributed by atoms with Crippen molar-refractivity contribution in [2.45, 2.75) is 6.54 Å². The van der Waals surface area contributed by atoms with Crippen LogP contribution >= 0.6 is 0 Å². The number of nitrogens with one attached hydrogen (secondary N) is 1. The van der Waals surface area contributed by atoms with Crippen LogP contribution < -0.4 is 0 Å². The van der Waals surface area contributed by atoms with E-state index in [4.69, 9.17) is 0 Å². The number of rotatable bonds is 2. The van der Waals surface area contributed by atoms with Crippen LogP contribution in [0, 0.1) is 0 Å². The molecule has 3 heteroatoms. The van der Waals surface area contributed by atoms with Gasteiger partial charge in [-0.05, 0) is 12.1 Å². The van der Waals surface area contributed by atoms with E-state index in [2.05, 4.69) is 33.1 Å². The lowest BCUT2D eigenvalue weighted by atomic mass is 10.3. The first-order valence-corrected chi connectivity index (χ1v) is 5.23. The zero-order valence-electron chi connectivity index (χ0n) is 8.48. The Labute approximate surface area is 88.4 Å². The van der Waals surface area contributed by atoms with Crippen LogP contribution in [0.4, 0.5) is 0 Å². The number of para-hydroxylation sites is 2. The van der Waals surface area contributed by atoms with E-state index in [0.29, 0.717) is 0 Å². The van der Waals surface area contributed by atoms with Crippen LogP contribution in [0.2, 0.25) is 0 Å². The average Bonchev–Trinajstić information content (AvgIpc) is 2.86. The Bertz CT molecular complexity index is 457. The molecule has 15 heavy (non-hydrogen) atoms. The van der Waals surface area contributed by atoms with Gasteiger partial charge < -0.3 is 4.98 Å². The minimum absolute atomic E-state index is 0.904. The van der Waals surface area contributed by atoms with Gasteiger partial charge in [-0.2, -0.15) is 0 Å². The molecule has 2 aromatic rings. The van der Waals surface area contributed by atoms with Crippen molar-refractivity contribution >= 4 is 11.0 Å². The van der Waals surface area contributed by atoms with E-state index in [9.17, 15) is 0 Å². The van der Waals surface area contributed by atoms with E-state index in [1.165, 1.54) is 0 Å². The maximum absolute atomic E-state index is 4.55. The zero-order chi connectivity index (χ0) is 10.1. The highest BCUT2D eigenvalue weighted by molar-refractivity contribution is 5.74. The third kappa shape index (κ3) is 1.66. The van der Waals surface area contributed by atoms with Gasteiger partial charge >= 0.3 is 0 Å². The van der Waals surface area contributed by atoms with Gasteiger partial charge in [0.1, 0.15) is 5.82 Å². The van der Waals surface area contributed by atoms with E-state index in [0.717, 1.165) is 36.5 Å². The summed E-state index contributed by atoms with van der Waals surface area (Å²) in [5.41, 5.74) is 2.18. The molecule has 3 rings (SSSR count). The number of imidazole rings is 1. The third-order valence-corrected chi connectivity index (χ3v) is 2.71. The number of H-pyrrole nitrogens is 1. The quantitative estimate of drug-likeness (QED) is 0.749. The van der Waals surface area contributed by atoms with Crippen LogP contribution in [-0.2, 0) is 6.54 Å². The molecular weight excluding hydrogens is 186 g/mol. The van der Waals surface area contributed by atoms with E-state index in [1.807, 2.05) is 18.2 Å². The maximum atomic E-state index is 4.55. The Kier molecular flexibility index (Phi) is 2.03. The lowest BCUT2D eigenvalue weighted by Crippen LogP contribution is -2.19.